The number of carbonyl (C=O) groups is 1. The summed E-state index contributed by atoms with van der Waals surface area (Å²) in [5, 5.41) is 5.19. The number of hydrogen-bond donors (Lipinski definition) is 2. The number of aryl methyl sites for hydroxylation is 1. The average Bonchev–Trinajstić information content (AvgIpc) is 2.29. The summed E-state index contributed by atoms with van der Waals surface area (Å²) in [6.07, 6.45) is -4.39. The van der Waals surface area contributed by atoms with Crippen LogP contribution in [0.5, 0.6) is 0 Å². The van der Waals surface area contributed by atoms with E-state index in [-0.39, 0.29) is 5.91 Å². The molecule has 1 rings (SSSR count). The predicted molar refractivity (Wildman–Crippen MR) is 63.3 cm³/mol. The monoisotopic (exact) mass is 260 g/mol. The maximum Gasteiger partial charge on any atom is 0.416 e. The molecule has 0 radical (unpaired) electrons. The molecule has 0 saturated carbocycles. The van der Waals surface area contributed by atoms with Gasteiger partial charge in [-0.1, -0.05) is 6.07 Å². The molecule has 0 spiro atoms. The van der Waals surface area contributed by atoms with E-state index in [1.165, 1.54) is 13.1 Å². The van der Waals surface area contributed by atoms with E-state index in [2.05, 4.69) is 10.6 Å². The van der Waals surface area contributed by atoms with Gasteiger partial charge in [0, 0.05) is 12.7 Å². The van der Waals surface area contributed by atoms with Gasteiger partial charge in [0.25, 0.3) is 0 Å². The van der Waals surface area contributed by atoms with E-state index < -0.39 is 17.8 Å². The Morgan fingerprint density at radius 1 is 1.33 bits per heavy atom. The molecule has 0 fully saturated rings. The van der Waals surface area contributed by atoms with E-state index in [0.717, 1.165) is 12.1 Å². The number of hydrogen-bond acceptors (Lipinski definition) is 2. The lowest BCUT2D eigenvalue weighted by molar-refractivity contribution is -0.137. The lowest BCUT2D eigenvalue weighted by atomic mass is 10.1. The SMILES string of the molecule is CNC(=O)C(C)Nc1cc(C(F)(F)F)ccc1C. The summed E-state index contributed by atoms with van der Waals surface area (Å²) in [5.41, 5.74) is 0.222. The van der Waals surface area contributed by atoms with E-state index in [1.54, 1.807) is 13.8 Å². The molecule has 2 N–H and O–H groups in total. The highest BCUT2D eigenvalue weighted by molar-refractivity contribution is 5.84. The number of benzene rings is 1. The summed E-state index contributed by atoms with van der Waals surface area (Å²) in [6.45, 7) is 3.26. The van der Waals surface area contributed by atoms with E-state index in [9.17, 15) is 18.0 Å². The zero-order chi connectivity index (χ0) is 13.9. The van der Waals surface area contributed by atoms with E-state index in [4.69, 9.17) is 0 Å². The van der Waals surface area contributed by atoms with Crippen LogP contribution in [0.2, 0.25) is 0 Å². The first-order valence-electron chi connectivity index (χ1n) is 5.41. The van der Waals surface area contributed by atoms with Crippen molar-refractivity contribution in [3.63, 3.8) is 0 Å². The maximum atomic E-state index is 12.6. The molecule has 0 aliphatic carbocycles. The number of carbonyl (C=O) groups excluding carboxylic acids is 1. The molecule has 100 valence electrons. The molecule has 0 aliphatic rings. The molecule has 6 heteroatoms. The van der Waals surface area contributed by atoms with Gasteiger partial charge in [0.15, 0.2) is 0 Å². The molecule has 1 amide bonds. The Morgan fingerprint density at radius 2 is 1.94 bits per heavy atom. The normalized spacial score (nSPS) is 13.0. The van der Waals surface area contributed by atoms with Crippen molar-refractivity contribution in [3.05, 3.63) is 29.3 Å². The zero-order valence-corrected chi connectivity index (χ0v) is 10.4. The number of likely N-dealkylation sites (N-methyl/N-ethyl adjacent to an activating group) is 1. The molecule has 3 nitrogen and oxygen atoms in total. The first-order chi connectivity index (χ1) is 8.25. The Balaban J connectivity index is 2.98. The third-order valence-corrected chi connectivity index (χ3v) is 2.58. The van der Waals surface area contributed by atoms with Crippen molar-refractivity contribution in [3.8, 4) is 0 Å². The fraction of sp³-hybridized carbons (Fsp3) is 0.417. The molecule has 0 bridgehead atoms. The van der Waals surface area contributed by atoms with Crippen molar-refractivity contribution in [2.24, 2.45) is 0 Å². The van der Waals surface area contributed by atoms with Gasteiger partial charge in [0.1, 0.15) is 6.04 Å². The van der Waals surface area contributed by atoms with Crippen molar-refractivity contribution < 1.29 is 18.0 Å². The second kappa shape index (κ2) is 5.29. The second-order valence-corrected chi connectivity index (χ2v) is 4.01. The van der Waals surface area contributed by atoms with Crippen LogP contribution in [0.4, 0.5) is 18.9 Å². The minimum Gasteiger partial charge on any atom is -0.374 e. The van der Waals surface area contributed by atoms with Crippen LogP contribution >= 0.6 is 0 Å². The molecule has 0 saturated heterocycles. The molecular formula is C12H15F3N2O. The Morgan fingerprint density at radius 3 is 2.44 bits per heavy atom. The van der Waals surface area contributed by atoms with Crippen LogP contribution in [0.3, 0.4) is 0 Å². The number of rotatable bonds is 3. The summed E-state index contributed by atoms with van der Waals surface area (Å²) in [7, 11) is 1.47. The van der Waals surface area contributed by atoms with Crippen molar-refractivity contribution in [1.29, 1.82) is 0 Å². The van der Waals surface area contributed by atoms with Gasteiger partial charge < -0.3 is 10.6 Å². The number of halogens is 3. The standard InChI is InChI=1S/C12H15F3N2O/c1-7-4-5-9(12(13,14)15)6-10(7)17-8(2)11(18)16-3/h4-6,8,17H,1-3H3,(H,16,18). The van der Waals surface area contributed by atoms with Crippen molar-refractivity contribution in [1.82, 2.24) is 5.32 Å². The van der Waals surface area contributed by atoms with Gasteiger partial charge in [-0.05, 0) is 31.5 Å². The van der Waals surface area contributed by atoms with Crippen molar-refractivity contribution in [2.45, 2.75) is 26.1 Å². The van der Waals surface area contributed by atoms with Gasteiger partial charge in [0.2, 0.25) is 5.91 Å². The largest absolute Gasteiger partial charge is 0.416 e. The molecule has 0 aliphatic heterocycles. The van der Waals surface area contributed by atoms with Crippen LogP contribution in [0, 0.1) is 6.92 Å². The van der Waals surface area contributed by atoms with E-state index in [0.29, 0.717) is 11.3 Å². The summed E-state index contributed by atoms with van der Waals surface area (Å²) in [6, 6.07) is 2.80. The fourth-order valence-corrected chi connectivity index (χ4v) is 1.47. The van der Waals surface area contributed by atoms with Crippen LogP contribution in [-0.2, 0) is 11.0 Å². The Labute approximate surface area is 103 Å². The predicted octanol–water partition coefficient (Wildman–Crippen LogP) is 2.56. The van der Waals surface area contributed by atoms with Gasteiger partial charge in [-0.3, -0.25) is 4.79 Å². The highest BCUT2D eigenvalue weighted by Crippen LogP contribution is 2.32. The second-order valence-electron chi connectivity index (χ2n) is 4.01. The first kappa shape index (κ1) is 14.3. The van der Waals surface area contributed by atoms with Gasteiger partial charge in [-0.25, -0.2) is 0 Å². The summed E-state index contributed by atoms with van der Waals surface area (Å²) in [5.74, 6) is -0.285. The average molecular weight is 260 g/mol. The lowest BCUT2D eigenvalue weighted by Crippen LogP contribution is -2.35. The van der Waals surface area contributed by atoms with E-state index in [1.807, 2.05) is 0 Å². The minimum atomic E-state index is -4.39. The van der Waals surface area contributed by atoms with Gasteiger partial charge >= 0.3 is 6.18 Å². The topological polar surface area (TPSA) is 41.1 Å². The quantitative estimate of drug-likeness (QED) is 0.877. The minimum absolute atomic E-state index is 0.285. The summed E-state index contributed by atoms with van der Waals surface area (Å²) < 4.78 is 37.7. The Bertz CT molecular complexity index is 443. The van der Waals surface area contributed by atoms with Crippen LogP contribution in [0.15, 0.2) is 18.2 Å². The van der Waals surface area contributed by atoms with Gasteiger partial charge in [-0.15, -0.1) is 0 Å². The molecule has 0 aromatic heterocycles. The lowest BCUT2D eigenvalue weighted by Gasteiger charge is -2.17. The van der Waals surface area contributed by atoms with Crippen LogP contribution in [0.1, 0.15) is 18.1 Å². The molecular weight excluding hydrogens is 245 g/mol. The fourth-order valence-electron chi connectivity index (χ4n) is 1.47. The molecule has 1 aromatic rings. The Hall–Kier alpha value is -1.72. The summed E-state index contributed by atoms with van der Waals surface area (Å²) >= 11 is 0. The number of nitrogens with one attached hydrogen (secondary N) is 2. The van der Waals surface area contributed by atoms with Crippen LogP contribution in [-0.4, -0.2) is 19.0 Å². The first-order valence-corrected chi connectivity index (χ1v) is 5.41. The molecule has 1 atom stereocenters. The molecule has 1 unspecified atom stereocenters. The highest BCUT2D eigenvalue weighted by Gasteiger charge is 2.31. The Kier molecular flexibility index (Phi) is 4.21. The molecule has 1 aromatic carbocycles. The zero-order valence-electron chi connectivity index (χ0n) is 10.4. The molecule has 0 heterocycles. The smallest absolute Gasteiger partial charge is 0.374 e. The third-order valence-electron chi connectivity index (χ3n) is 2.58. The third kappa shape index (κ3) is 3.38. The highest BCUT2D eigenvalue weighted by atomic mass is 19.4. The van der Waals surface area contributed by atoms with Crippen LogP contribution in [0.25, 0.3) is 0 Å². The van der Waals surface area contributed by atoms with Gasteiger partial charge in [-0.2, -0.15) is 13.2 Å². The number of amides is 1. The maximum absolute atomic E-state index is 12.6. The van der Waals surface area contributed by atoms with E-state index >= 15 is 0 Å². The number of alkyl halides is 3. The number of anilines is 1. The van der Waals surface area contributed by atoms with Crippen molar-refractivity contribution >= 4 is 11.6 Å². The summed E-state index contributed by atoms with van der Waals surface area (Å²) in [4.78, 5) is 11.3. The van der Waals surface area contributed by atoms with Crippen LogP contribution < -0.4 is 10.6 Å². The van der Waals surface area contributed by atoms with Gasteiger partial charge in [0.05, 0.1) is 5.56 Å². The van der Waals surface area contributed by atoms with Crippen molar-refractivity contribution in [2.75, 3.05) is 12.4 Å². The molecule has 18 heavy (non-hydrogen) atoms.